The Morgan fingerprint density at radius 2 is 1.87 bits per heavy atom. The highest BCUT2D eigenvalue weighted by Crippen LogP contribution is 2.34. The van der Waals surface area contributed by atoms with Crippen molar-refractivity contribution in [3.63, 3.8) is 0 Å². The van der Waals surface area contributed by atoms with E-state index in [0.717, 1.165) is 28.1 Å². The summed E-state index contributed by atoms with van der Waals surface area (Å²) in [6.07, 6.45) is 0. The number of aryl methyl sites for hydroxylation is 2. The first kappa shape index (κ1) is 21.3. The lowest BCUT2D eigenvalue weighted by atomic mass is 10.1. The van der Waals surface area contributed by atoms with Gasteiger partial charge >= 0.3 is 0 Å². The van der Waals surface area contributed by atoms with E-state index in [1.54, 1.807) is 11.8 Å². The molecule has 158 valence electrons. The van der Waals surface area contributed by atoms with E-state index in [4.69, 9.17) is 4.42 Å². The fourth-order valence-electron chi connectivity index (χ4n) is 3.07. The van der Waals surface area contributed by atoms with E-state index in [2.05, 4.69) is 15.2 Å². The Morgan fingerprint density at radius 1 is 1.10 bits per heavy atom. The topological polar surface area (TPSA) is 72.1 Å². The van der Waals surface area contributed by atoms with Crippen molar-refractivity contribution >= 4 is 39.8 Å². The summed E-state index contributed by atoms with van der Waals surface area (Å²) in [4.78, 5) is 18.8. The fourth-order valence-corrected chi connectivity index (χ4v) is 4.71. The normalized spacial score (nSPS) is 11.0. The molecule has 0 radical (unpaired) electrons. The van der Waals surface area contributed by atoms with Crippen molar-refractivity contribution in [3.8, 4) is 11.5 Å². The van der Waals surface area contributed by atoms with Crippen LogP contribution in [-0.2, 0) is 10.5 Å². The number of carbonyl (C=O) groups excluding carboxylic acids is 1. The maximum Gasteiger partial charge on any atom is 0.277 e. The summed E-state index contributed by atoms with van der Waals surface area (Å²) >= 11 is 2.88. The predicted octanol–water partition coefficient (Wildman–Crippen LogP) is 6.10. The van der Waals surface area contributed by atoms with E-state index in [1.807, 2.05) is 68.6 Å². The van der Waals surface area contributed by atoms with Crippen LogP contribution in [0.1, 0.15) is 29.3 Å². The second-order valence-corrected chi connectivity index (χ2v) is 8.99. The highest BCUT2D eigenvalue weighted by atomic mass is 32.2. The van der Waals surface area contributed by atoms with Crippen LogP contribution in [0.3, 0.4) is 0 Å². The summed E-state index contributed by atoms with van der Waals surface area (Å²) in [5.41, 5.74) is 6.00. The zero-order valence-corrected chi connectivity index (χ0v) is 19.4. The van der Waals surface area contributed by atoms with Gasteiger partial charge in [0.15, 0.2) is 5.13 Å². The van der Waals surface area contributed by atoms with E-state index < -0.39 is 0 Å². The second-order valence-electron chi connectivity index (χ2n) is 7.22. The largest absolute Gasteiger partial charge is 0.411 e. The van der Waals surface area contributed by atoms with Gasteiger partial charge in [0.25, 0.3) is 5.22 Å². The molecule has 0 aliphatic rings. The quantitative estimate of drug-likeness (QED) is 0.331. The van der Waals surface area contributed by atoms with Crippen molar-refractivity contribution in [2.24, 2.45) is 0 Å². The van der Waals surface area contributed by atoms with Crippen LogP contribution in [0.25, 0.3) is 11.5 Å². The lowest BCUT2D eigenvalue weighted by molar-refractivity contribution is -0.115. The first-order chi connectivity index (χ1) is 14.9. The molecule has 2 aromatic carbocycles. The molecule has 0 aliphatic heterocycles. The van der Waals surface area contributed by atoms with Crippen molar-refractivity contribution in [2.45, 2.75) is 38.7 Å². The minimum absolute atomic E-state index is 0.0677. The van der Waals surface area contributed by atoms with E-state index >= 15 is 0 Å². The van der Waals surface area contributed by atoms with Gasteiger partial charge in [-0.1, -0.05) is 41.6 Å². The van der Waals surface area contributed by atoms with Crippen LogP contribution < -0.4 is 4.90 Å². The Kier molecular flexibility index (Phi) is 6.20. The third-order valence-electron chi connectivity index (χ3n) is 4.91. The van der Waals surface area contributed by atoms with E-state index in [-0.39, 0.29) is 5.91 Å². The molecular weight excluding hydrogens is 428 g/mol. The Balaban J connectivity index is 1.48. The average molecular weight is 451 g/mol. The number of thioether (sulfide) groups is 1. The van der Waals surface area contributed by atoms with Gasteiger partial charge in [-0.25, -0.2) is 4.98 Å². The molecule has 2 aromatic heterocycles. The summed E-state index contributed by atoms with van der Waals surface area (Å²) in [7, 11) is 0. The van der Waals surface area contributed by atoms with Crippen LogP contribution in [0, 0.1) is 20.8 Å². The SMILES string of the molecule is CC(=O)N(c1nc(CSc2nnc(-c3ccc(C)cc3)o2)cs1)c1cccc(C)c1C. The maximum atomic E-state index is 12.4. The fraction of sp³-hybridized carbons (Fsp3) is 0.217. The summed E-state index contributed by atoms with van der Waals surface area (Å²) in [5.74, 6) is 1.01. The third-order valence-corrected chi connectivity index (χ3v) is 6.64. The molecular formula is C23H22N4O2S2. The van der Waals surface area contributed by atoms with Crippen molar-refractivity contribution < 1.29 is 9.21 Å². The van der Waals surface area contributed by atoms with Crippen molar-refractivity contribution in [2.75, 3.05) is 4.90 Å². The smallest absolute Gasteiger partial charge is 0.277 e. The van der Waals surface area contributed by atoms with Gasteiger partial charge in [0.1, 0.15) is 0 Å². The molecule has 0 unspecified atom stereocenters. The number of thiazole rings is 1. The number of hydrogen-bond donors (Lipinski definition) is 0. The molecule has 0 atom stereocenters. The van der Waals surface area contributed by atoms with Gasteiger partial charge in [0.2, 0.25) is 11.8 Å². The van der Waals surface area contributed by atoms with Gasteiger partial charge in [-0.2, -0.15) is 0 Å². The number of nitrogens with zero attached hydrogens (tertiary/aromatic N) is 4. The molecule has 1 amide bonds. The second kappa shape index (κ2) is 9.03. The van der Waals surface area contributed by atoms with Crippen molar-refractivity contribution in [3.05, 3.63) is 70.2 Å². The number of aromatic nitrogens is 3. The van der Waals surface area contributed by atoms with E-state index in [1.165, 1.54) is 28.7 Å². The number of amides is 1. The molecule has 2 heterocycles. The molecule has 4 aromatic rings. The van der Waals surface area contributed by atoms with Crippen LogP contribution in [0.4, 0.5) is 10.8 Å². The first-order valence-electron chi connectivity index (χ1n) is 9.77. The molecule has 31 heavy (non-hydrogen) atoms. The number of hydrogen-bond acceptors (Lipinski definition) is 7. The zero-order chi connectivity index (χ0) is 22.0. The summed E-state index contributed by atoms with van der Waals surface area (Å²) in [6.45, 7) is 7.65. The Bertz CT molecular complexity index is 1210. The monoisotopic (exact) mass is 450 g/mol. The Labute approximate surface area is 189 Å². The lowest BCUT2D eigenvalue weighted by Crippen LogP contribution is -2.23. The van der Waals surface area contributed by atoms with Crippen molar-refractivity contribution in [1.29, 1.82) is 0 Å². The van der Waals surface area contributed by atoms with Crippen LogP contribution in [0.5, 0.6) is 0 Å². The van der Waals surface area contributed by atoms with Gasteiger partial charge in [0.05, 0.1) is 11.4 Å². The van der Waals surface area contributed by atoms with Gasteiger partial charge < -0.3 is 4.42 Å². The van der Waals surface area contributed by atoms with Crippen molar-refractivity contribution in [1.82, 2.24) is 15.2 Å². The molecule has 0 saturated carbocycles. The molecule has 0 fully saturated rings. The van der Waals surface area contributed by atoms with Crippen LogP contribution in [0.15, 0.2) is 57.5 Å². The molecule has 8 heteroatoms. The predicted molar refractivity (Wildman–Crippen MR) is 125 cm³/mol. The standard InChI is InChI=1S/C23H22N4O2S2/c1-14-8-10-18(11-9-14)21-25-26-23(29-21)31-13-19-12-30-22(24-19)27(17(4)28)20-7-5-6-15(2)16(20)3/h5-12H,13H2,1-4H3. The molecule has 0 spiro atoms. The van der Waals surface area contributed by atoms with Gasteiger partial charge in [0, 0.05) is 23.6 Å². The van der Waals surface area contributed by atoms with Crippen LogP contribution in [-0.4, -0.2) is 21.1 Å². The van der Waals surface area contributed by atoms with E-state index in [0.29, 0.717) is 22.0 Å². The summed E-state index contributed by atoms with van der Waals surface area (Å²) in [5, 5.41) is 11.4. The van der Waals surface area contributed by atoms with Gasteiger partial charge in [-0.3, -0.25) is 9.69 Å². The molecule has 0 N–H and O–H groups in total. The summed E-state index contributed by atoms with van der Waals surface area (Å²) < 4.78 is 5.77. The minimum atomic E-state index is -0.0677. The van der Waals surface area contributed by atoms with Crippen LogP contribution >= 0.6 is 23.1 Å². The van der Waals surface area contributed by atoms with Crippen LogP contribution in [0.2, 0.25) is 0 Å². The number of benzene rings is 2. The molecule has 0 saturated heterocycles. The van der Waals surface area contributed by atoms with Gasteiger partial charge in [-0.05, 0) is 50.1 Å². The highest BCUT2D eigenvalue weighted by Gasteiger charge is 2.20. The third kappa shape index (κ3) is 4.70. The molecule has 0 aliphatic carbocycles. The summed E-state index contributed by atoms with van der Waals surface area (Å²) in [6, 6.07) is 13.9. The minimum Gasteiger partial charge on any atom is -0.411 e. The first-order valence-corrected chi connectivity index (χ1v) is 11.6. The number of rotatable bonds is 6. The maximum absolute atomic E-state index is 12.4. The lowest BCUT2D eigenvalue weighted by Gasteiger charge is -2.21. The Morgan fingerprint density at radius 3 is 2.61 bits per heavy atom. The van der Waals surface area contributed by atoms with E-state index in [9.17, 15) is 4.79 Å². The number of carbonyl (C=O) groups is 1. The Hall–Kier alpha value is -2.97. The molecule has 4 rings (SSSR count). The molecule has 0 bridgehead atoms. The number of anilines is 2. The zero-order valence-electron chi connectivity index (χ0n) is 17.7. The highest BCUT2D eigenvalue weighted by molar-refractivity contribution is 7.98. The van der Waals surface area contributed by atoms with Gasteiger partial charge in [-0.15, -0.1) is 21.5 Å². The average Bonchev–Trinajstić information content (AvgIpc) is 3.40. The molecule has 6 nitrogen and oxygen atoms in total.